The second-order valence-electron chi connectivity index (χ2n) is 11.8. The summed E-state index contributed by atoms with van der Waals surface area (Å²) in [6, 6.07) is 13.4. The van der Waals surface area contributed by atoms with Crippen molar-refractivity contribution in [2.45, 2.75) is 89.0 Å². The number of sulfonamides is 1. The van der Waals surface area contributed by atoms with Gasteiger partial charge < -0.3 is 19.9 Å². The summed E-state index contributed by atoms with van der Waals surface area (Å²) in [4.78, 5) is 15.6. The van der Waals surface area contributed by atoms with E-state index < -0.39 is 45.3 Å². The van der Waals surface area contributed by atoms with Crippen molar-refractivity contribution in [2.75, 3.05) is 13.7 Å². The summed E-state index contributed by atoms with van der Waals surface area (Å²) in [5, 5.41) is 18.1. The molecule has 0 saturated carbocycles. The van der Waals surface area contributed by atoms with E-state index in [1.165, 1.54) is 19.2 Å². The molecule has 2 aromatic rings. The number of hydrogen-bond acceptors (Lipinski definition) is 7. The first-order valence-corrected chi connectivity index (χ1v) is 15.0. The molecular formula is C29H43N5O6S. The van der Waals surface area contributed by atoms with Gasteiger partial charge in [0, 0.05) is 11.5 Å². The number of nitrogens with one attached hydrogen (secondary N) is 2. The fraction of sp³-hybridized carbons (Fsp3) is 0.552. The van der Waals surface area contributed by atoms with E-state index in [1.807, 2.05) is 44.2 Å². The molecule has 0 saturated heterocycles. The molecule has 12 heteroatoms. The second-order valence-corrected chi connectivity index (χ2v) is 13.5. The smallest absolute Gasteiger partial charge is 0.407 e. The normalized spacial score (nSPS) is 14.3. The summed E-state index contributed by atoms with van der Waals surface area (Å²) < 4.78 is 40.3. The minimum absolute atomic E-state index is 0.0105. The van der Waals surface area contributed by atoms with Gasteiger partial charge in [-0.2, -0.15) is 0 Å². The van der Waals surface area contributed by atoms with Crippen LogP contribution in [0.15, 0.2) is 64.6 Å². The van der Waals surface area contributed by atoms with E-state index in [0.717, 1.165) is 5.56 Å². The van der Waals surface area contributed by atoms with Crippen molar-refractivity contribution < 1.29 is 27.8 Å². The van der Waals surface area contributed by atoms with Crippen LogP contribution in [0.1, 0.15) is 59.4 Å². The van der Waals surface area contributed by atoms with E-state index in [9.17, 15) is 18.3 Å². The first kappa shape index (κ1) is 33.9. The Morgan fingerprint density at radius 3 is 2.24 bits per heavy atom. The van der Waals surface area contributed by atoms with Gasteiger partial charge in [0.25, 0.3) is 0 Å². The standard InChI is InChI=1S/C29H43N5O6S/c1-28(2,3)40-27(36)32-24(19-21-11-8-7-9-12-21)26(35)25(20-29(4,5)17-10-18-31-34-30)33-41(37,38)23-15-13-22(39-6)14-16-23/h7-9,11-16,24-26,33,35H,10,17-20H2,1-6H3,(H,32,36)/t24-,25?,26+/m0/s1. The molecule has 0 aliphatic rings. The molecule has 0 radical (unpaired) electrons. The predicted molar refractivity (Wildman–Crippen MR) is 158 cm³/mol. The highest BCUT2D eigenvalue weighted by Crippen LogP contribution is 2.31. The number of nitrogens with zero attached hydrogens (tertiary/aromatic N) is 3. The van der Waals surface area contributed by atoms with E-state index in [4.69, 9.17) is 15.0 Å². The lowest BCUT2D eigenvalue weighted by Crippen LogP contribution is -2.56. The minimum atomic E-state index is -4.07. The maximum atomic E-state index is 13.5. The zero-order chi connectivity index (χ0) is 30.7. The maximum Gasteiger partial charge on any atom is 0.407 e. The number of azide groups is 1. The maximum absolute atomic E-state index is 13.5. The summed E-state index contributed by atoms with van der Waals surface area (Å²) in [6.45, 7) is 9.43. The van der Waals surface area contributed by atoms with E-state index in [1.54, 1.807) is 32.9 Å². The number of hydrogen-bond donors (Lipinski definition) is 3. The number of rotatable bonds is 15. The molecule has 0 aliphatic carbocycles. The Kier molecular flexibility index (Phi) is 12.5. The van der Waals surface area contributed by atoms with E-state index in [0.29, 0.717) is 25.1 Å². The number of carbonyl (C=O) groups is 1. The Morgan fingerprint density at radius 1 is 1.05 bits per heavy atom. The zero-order valence-corrected chi connectivity index (χ0v) is 25.5. The van der Waals surface area contributed by atoms with Crippen LogP contribution in [0.2, 0.25) is 0 Å². The van der Waals surface area contributed by atoms with Crippen molar-refractivity contribution in [2.24, 2.45) is 10.5 Å². The average molecular weight is 590 g/mol. The van der Waals surface area contributed by atoms with Gasteiger partial charge in [0.15, 0.2) is 0 Å². The number of amides is 1. The molecule has 2 rings (SSSR count). The summed E-state index contributed by atoms with van der Waals surface area (Å²) >= 11 is 0. The summed E-state index contributed by atoms with van der Waals surface area (Å²) in [5.74, 6) is 0.506. The van der Waals surface area contributed by atoms with Crippen LogP contribution in [-0.4, -0.2) is 57.1 Å². The van der Waals surface area contributed by atoms with Crippen molar-refractivity contribution in [3.8, 4) is 5.75 Å². The zero-order valence-electron chi connectivity index (χ0n) is 24.7. The van der Waals surface area contributed by atoms with Crippen LogP contribution in [0, 0.1) is 5.41 Å². The number of benzene rings is 2. The fourth-order valence-electron chi connectivity index (χ4n) is 4.49. The quantitative estimate of drug-likeness (QED) is 0.110. The van der Waals surface area contributed by atoms with Crippen LogP contribution in [0.25, 0.3) is 10.4 Å². The highest BCUT2D eigenvalue weighted by molar-refractivity contribution is 7.89. The van der Waals surface area contributed by atoms with Crippen LogP contribution < -0.4 is 14.8 Å². The third-order valence-electron chi connectivity index (χ3n) is 6.45. The molecule has 0 spiro atoms. The van der Waals surface area contributed by atoms with Gasteiger partial charge in [-0.3, -0.25) is 0 Å². The Labute approximate surface area is 243 Å². The second kappa shape index (κ2) is 15.1. The SMILES string of the molecule is COc1ccc(S(=O)(=O)NC(CC(C)(C)CCCN=[N+]=[N-])[C@H](O)[C@H](Cc2ccccc2)NC(=O)OC(C)(C)C)cc1. The number of aliphatic hydroxyl groups excluding tert-OH is 1. The minimum Gasteiger partial charge on any atom is -0.497 e. The lowest BCUT2D eigenvalue weighted by atomic mass is 9.79. The molecule has 226 valence electrons. The number of ether oxygens (including phenoxy) is 2. The van der Waals surface area contributed by atoms with Gasteiger partial charge in [0.05, 0.1) is 30.2 Å². The fourth-order valence-corrected chi connectivity index (χ4v) is 5.74. The third-order valence-corrected chi connectivity index (χ3v) is 7.95. The Hall–Kier alpha value is -3.31. The Morgan fingerprint density at radius 2 is 1.68 bits per heavy atom. The number of carbonyl (C=O) groups excluding carboxylic acids is 1. The van der Waals surface area contributed by atoms with E-state index >= 15 is 0 Å². The monoisotopic (exact) mass is 589 g/mol. The van der Waals surface area contributed by atoms with Crippen molar-refractivity contribution in [3.63, 3.8) is 0 Å². The van der Waals surface area contributed by atoms with Crippen LogP contribution in [0.5, 0.6) is 5.75 Å². The van der Waals surface area contributed by atoms with Crippen molar-refractivity contribution in [3.05, 3.63) is 70.6 Å². The highest BCUT2D eigenvalue weighted by atomic mass is 32.2. The van der Waals surface area contributed by atoms with Crippen molar-refractivity contribution in [1.29, 1.82) is 0 Å². The molecule has 1 unspecified atom stereocenters. The molecule has 1 amide bonds. The van der Waals surface area contributed by atoms with Gasteiger partial charge in [-0.05, 0) is 87.2 Å². The average Bonchev–Trinajstić information content (AvgIpc) is 2.89. The van der Waals surface area contributed by atoms with Gasteiger partial charge in [-0.1, -0.05) is 49.3 Å². The molecule has 0 fully saturated rings. The lowest BCUT2D eigenvalue weighted by Gasteiger charge is -2.36. The molecule has 3 atom stereocenters. The van der Waals surface area contributed by atoms with Gasteiger partial charge >= 0.3 is 6.09 Å². The number of aliphatic hydroxyl groups is 1. The number of alkyl carbamates (subject to hydrolysis) is 1. The Bertz CT molecular complexity index is 1260. The van der Waals surface area contributed by atoms with E-state index in [-0.39, 0.29) is 17.7 Å². The first-order valence-electron chi connectivity index (χ1n) is 13.5. The van der Waals surface area contributed by atoms with Gasteiger partial charge in [0.2, 0.25) is 10.0 Å². The van der Waals surface area contributed by atoms with Crippen molar-refractivity contribution >= 4 is 16.1 Å². The van der Waals surface area contributed by atoms with Gasteiger partial charge in [0.1, 0.15) is 11.4 Å². The summed E-state index contributed by atoms with van der Waals surface area (Å²) in [7, 11) is -2.58. The summed E-state index contributed by atoms with van der Waals surface area (Å²) in [5.41, 5.74) is 8.22. The lowest BCUT2D eigenvalue weighted by molar-refractivity contribution is 0.0348. The molecule has 41 heavy (non-hydrogen) atoms. The molecular weight excluding hydrogens is 546 g/mol. The van der Waals surface area contributed by atoms with Crippen molar-refractivity contribution in [1.82, 2.24) is 10.0 Å². The number of methoxy groups -OCH3 is 1. The highest BCUT2D eigenvalue weighted by Gasteiger charge is 2.37. The van der Waals surface area contributed by atoms with E-state index in [2.05, 4.69) is 20.1 Å². The van der Waals surface area contributed by atoms with Gasteiger partial charge in [-0.15, -0.1) is 0 Å². The van der Waals surface area contributed by atoms with Crippen LogP contribution in [-0.2, 0) is 21.2 Å². The third kappa shape index (κ3) is 12.0. The summed E-state index contributed by atoms with van der Waals surface area (Å²) in [6.07, 6.45) is -0.368. The molecule has 2 aromatic carbocycles. The molecule has 3 N–H and O–H groups in total. The van der Waals surface area contributed by atoms with Gasteiger partial charge in [-0.25, -0.2) is 17.9 Å². The molecule has 0 aliphatic heterocycles. The van der Waals surface area contributed by atoms with Crippen LogP contribution in [0.4, 0.5) is 4.79 Å². The van der Waals surface area contributed by atoms with Crippen LogP contribution >= 0.6 is 0 Å². The molecule has 0 heterocycles. The van der Waals surface area contributed by atoms with Crippen LogP contribution in [0.3, 0.4) is 0 Å². The Balaban J connectivity index is 2.43. The molecule has 0 bridgehead atoms. The topological polar surface area (TPSA) is 163 Å². The first-order chi connectivity index (χ1) is 19.2. The molecule has 0 aromatic heterocycles. The largest absolute Gasteiger partial charge is 0.497 e. The predicted octanol–water partition coefficient (Wildman–Crippen LogP) is 5.35. The molecule has 11 nitrogen and oxygen atoms in total.